The van der Waals surface area contributed by atoms with Crippen LogP contribution in [-0.2, 0) is 13.1 Å². The molecule has 1 fully saturated rings. The first-order valence-electron chi connectivity index (χ1n) is 7.94. The SMILES string of the molecule is CC[C@H](C)Cn1c(CN2CCCC2)nc2ccccc21. The Labute approximate surface area is 121 Å². The molecular formula is C17H25N3. The van der Waals surface area contributed by atoms with Crippen LogP contribution in [0.5, 0.6) is 0 Å². The highest BCUT2D eigenvalue weighted by molar-refractivity contribution is 5.75. The highest BCUT2D eigenvalue weighted by atomic mass is 15.2. The molecule has 1 aromatic heterocycles. The maximum Gasteiger partial charge on any atom is 0.124 e. The molecule has 3 nitrogen and oxygen atoms in total. The van der Waals surface area contributed by atoms with Crippen LogP contribution in [0.4, 0.5) is 0 Å². The number of hydrogen-bond donors (Lipinski definition) is 0. The average molecular weight is 271 g/mol. The van der Waals surface area contributed by atoms with Gasteiger partial charge in [-0.2, -0.15) is 0 Å². The van der Waals surface area contributed by atoms with Crippen LogP contribution in [0.2, 0.25) is 0 Å². The molecule has 2 heterocycles. The van der Waals surface area contributed by atoms with Crippen molar-refractivity contribution in [1.29, 1.82) is 0 Å². The first-order valence-corrected chi connectivity index (χ1v) is 7.94. The van der Waals surface area contributed by atoms with Gasteiger partial charge in [-0.1, -0.05) is 32.4 Å². The molecule has 108 valence electrons. The molecule has 0 saturated carbocycles. The number of fused-ring (bicyclic) bond motifs is 1. The molecule has 0 radical (unpaired) electrons. The molecule has 0 bridgehead atoms. The van der Waals surface area contributed by atoms with Crippen molar-refractivity contribution < 1.29 is 0 Å². The smallest absolute Gasteiger partial charge is 0.124 e. The number of imidazole rings is 1. The van der Waals surface area contributed by atoms with Gasteiger partial charge in [0.05, 0.1) is 17.6 Å². The lowest BCUT2D eigenvalue weighted by molar-refractivity contribution is 0.313. The molecule has 3 rings (SSSR count). The van der Waals surface area contributed by atoms with Crippen LogP contribution in [0, 0.1) is 5.92 Å². The second kappa shape index (κ2) is 5.96. The number of nitrogens with zero attached hydrogens (tertiary/aromatic N) is 3. The van der Waals surface area contributed by atoms with Crippen LogP contribution < -0.4 is 0 Å². The lowest BCUT2D eigenvalue weighted by atomic mass is 10.1. The Bertz CT molecular complexity index is 567. The molecule has 1 saturated heterocycles. The van der Waals surface area contributed by atoms with Crippen molar-refractivity contribution in [3.63, 3.8) is 0 Å². The zero-order chi connectivity index (χ0) is 13.9. The first-order chi connectivity index (χ1) is 9.78. The maximum absolute atomic E-state index is 4.88. The van der Waals surface area contributed by atoms with E-state index in [0.717, 1.165) is 18.6 Å². The molecule has 0 aliphatic carbocycles. The maximum atomic E-state index is 4.88. The summed E-state index contributed by atoms with van der Waals surface area (Å²) < 4.78 is 2.45. The van der Waals surface area contributed by atoms with E-state index < -0.39 is 0 Å². The minimum Gasteiger partial charge on any atom is -0.327 e. The zero-order valence-electron chi connectivity index (χ0n) is 12.7. The van der Waals surface area contributed by atoms with Crippen molar-refractivity contribution in [1.82, 2.24) is 14.5 Å². The fourth-order valence-electron chi connectivity index (χ4n) is 3.03. The molecule has 1 aliphatic rings. The van der Waals surface area contributed by atoms with E-state index in [9.17, 15) is 0 Å². The van der Waals surface area contributed by atoms with Crippen molar-refractivity contribution in [3.05, 3.63) is 30.1 Å². The standard InChI is InChI=1S/C17H25N3/c1-3-14(2)12-20-16-9-5-4-8-15(16)18-17(20)13-19-10-6-7-11-19/h4-5,8-9,14H,3,6-7,10-13H2,1-2H3/t14-/m0/s1. The topological polar surface area (TPSA) is 21.1 Å². The van der Waals surface area contributed by atoms with Gasteiger partial charge in [-0.25, -0.2) is 4.98 Å². The number of para-hydroxylation sites is 2. The van der Waals surface area contributed by atoms with Gasteiger partial charge in [0, 0.05) is 6.54 Å². The highest BCUT2D eigenvalue weighted by Crippen LogP contribution is 2.21. The molecule has 1 aromatic carbocycles. The Kier molecular flexibility index (Phi) is 4.06. The van der Waals surface area contributed by atoms with Gasteiger partial charge in [0.15, 0.2) is 0 Å². The lowest BCUT2D eigenvalue weighted by Gasteiger charge is -2.18. The fourth-order valence-corrected chi connectivity index (χ4v) is 3.03. The van der Waals surface area contributed by atoms with Crippen LogP contribution >= 0.6 is 0 Å². The summed E-state index contributed by atoms with van der Waals surface area (Å²) in [6.07, 6.45) is 3.90. The molecule has 1 atom stereocenters. The summed E-state index contributed by atoms with van der Waals surface area (Å²) in [5.41, 5.74) is 2.44. The normalized spacial score (nSPS) is 17.9. The molecule has 3 heteroatoms. The predicted molar refractivity (Wildman–Crippen MR) is 83.7 cm³/mol. The summed E-state index contributed by atoms with van der Waals surface area (Å²) in [6.45, 7) is 9.14. The van der Waals surface area contributed by atoms with Crippen LogP contribution in [0.25, 0.3) is 11.0 Å². The summed E-state index contributed by atoms with van der Waals surface area (Å²) in [7, 11) is 0. The van der Waals surface area contributed by atoms with Crippen molar-refractivity contribution >= 4 is 11.0 Å². The van der Waals surface area contributed by atoms with Crippen molar-refractivity contribution in [2.75, 3.05) is 13.1 Å². The van der Waals surface area contributed by atoms with Gasteiger partial charge in [-0.3, -0.25) is 4.90 Å². The third-order valence-corrected chi connectivity index (χ3v) is 4.49. The first kappa shape index (κ1) is 13.6. The minimum absolute atomic E-state index is 0.699. The fraction of sp³-hybridized carbons (Fsp3) is 0.588. The van der Waals surface area contributed by atoms with Crippen molar-refractivity contribution in [2.24, 2.45) is 5.92 Å². The van der Waals surface area contributed by atoms with Crippen LogP contribution in [0.1, 0.15) is 38.9 Å². The number of likely N-dealkylation sites (tertiary alicyclic amines) is 1. The summed E-state index contributed by atoms with van der Waals surface area (Å²) in [4.78, 5) is 7.42. The molecule has 0 unspecified atom stereocenters. The Hall–Kier alpha value is -1.35. The van der Waals surface area contributed by atoms with Gasteiger partial charge in [-0.15, -0.1) is 0 Å². The Morgan fingerprint density at radius 3 is 2.70 bits per heavy atom. The van der Waals surface area contributed by atoms with E-state index in [1.54, 1.807) is 0 Å². The molecule has 0 amide bonds. The average Bonchev–Trinajstić information content (AvgIpc) is 3.08. The number of rotatable bonds is 5. The Morgan fingerprint density at radius 1 is 1.20 bits per heavy atom. The number of aromatic nitrogens is 2. The van der Waals surface area contributed by atoms with Crippen LogP contribution in [-0.4, -0.2) is 27.5 Å². The van der Waals surface area contributed by atoms with Crippen molar-refractivity contribution in [3.8, 4) is 0 Å². The second-order valence-electron chi connectivity index (χ2n) is 6.12. The minimum atomic E-state index is 0.699. The molecule has 2 aromatic rings. The molecule has 1 aliphatic heterocycles. The molecule has 20 heavy (non-hydrogen) atoms. The monoisotopic (exact) mass is 271 g/mol. The second-order valence-corrected chi connectivity index (χ2v) is 6.12. The summed E-state index contributed by atoms with van der Waals surface area (Å²) in [6, 6.07) is 8.55. The van der Waals surface area contributed by atoms with E-state index in [1.165, 1.54) is 43.7 Å². The van der Waals surface area contributed by atoms with Gasteiger partial charge in [-0.05, 0) is 44.0 Å². The van der Waals surface area contributed by atoms with E-state index in [-0.39, 0.29) is 0 Å². The third kappa shape index (κ3) is 2.73. The largest absolute Gasteiger partial charge is 0.327 e. The molecule has 0 N–H and O–H groups in total. The lowest BCUT2D eigenvalue weighted by Crippen LogP contribution is -2.22. The summed E-state index contributed by atoms with van der Waals surface area (Å²) >= 11 is 0. The van der Waals surface area contributed by atoms with E-state index in [2.05, 4.69) is 47.6 Å². The summed E-state index contributed by atoms with van der Waals surface area (Å²) in [5, 5.41) is 0. The quantitative estimate of drug-likeness (QED) is 0.827. The van der Waals surface area contributed by atoms with Crippen LogP contribution in [0.15, 0.2) is 24.3 Å². The Balaban J connectivity index is 1.93. The highest BCUT2D eigenvalue weighted by Gasteiger charge is 2.17. The van der Waals surface area contributed by atoms with Gasteiger partial charge in [0.1, 0.15) is 5.82 Å². The number of hydrogen-bond acceptors (Lipinski definition) is 2. The third-order valence-electron chi connectivity index (χ3n) is 4.49. The van der Waals surface area contributed by atoms with Crippen molar-refractivity contribution in [2.45, 2.75) is 46.2 Å². The van der Waals surface area contributed by atoms with Crippen LogP contribution in [0.3, 0.4) is 0 Å². The van der Waals surface area contributed by atoms with Gasteiger partial charge in [0.2, 0.25) is 0 Å². The van der Waals surface area contributed by atoms with E-state index in [0.29, 0.717) is 5.92 Å². The number of benzene rings is 1. The molecule has 0 spiro atoms. The summed E-state index contributed by atoms with van der Waals surface area (Å²) in [5.74, 6) is 1.94. The van der Waals surface area contributed by atoms with E-state index in [4.69, 9.17) is 4.98 Å². The van der Waals surface area contributed by atoms with Gasteiger partial charge >= 0.3 is 0 Å². The van der Waals surface area contributed by atoms with E-state index >= 15 is 0 Å². The predicted octanol–water partition coefficient (Wildman–Crippen LogP) is 3.68. The zero-order valence-corrected chi connectivity index (χ0v) is 12.7. The molecular weight excluding hydrogens is 246 g/mol. The van der Waals surface area contributed by atoms with Gasteiger partial charge < -0.3 is 4.57 Å². The Morgan fingerprint density at radius 2 is 1.95 bits per heavy atom. The van der Waals surface area contributed by atoms with Gasteiger partial charge in [0.25, 0.3) is 0 Å². The van der Waals surface area contributed by atoms with E-state index in [1.807, 2.05) is 0 Å².